The highest BCUT2D eigenvalue weighted by Crippen LogP contribution is 2.30. The van der Waals surface area contributed by atoms with Gasteiger partial charge in [-0.3, -0.25) is 4.79 Å². The van der Waals surface area contributed by atoms with Crippen LogP contribution in [0.15, 0.2) is 68.8 Å². The number of amidine groups is 2. The molecule has 0 radical (unpaired) electrons. The van der Waals surface area contributed by atoms with Crippen molar-refractivity contribution in [1.82, 2.24) is 10.2 Å². The number of phenols is 1. The molecule has 8 nitrogen and oxygen atoms in total. The third-order valence-electron chi connectivity index (χ3n) is 5.39. The van der Waals surface area contributed by atoms with Crippen molar-refractivity contribution in [3.8, 4) is 5.75 Å². The number of phenolic OH excluding ortho intramolecular Hbond substituents is 1. The minimum Gasteiger partial charge on any atom is -0.505 e. The number of amides is 1. The lowest BCUT2D eigenvalue weighted by Gasteiger charge is -2.15. The molecule has 2 unspecified atom stereocenters. The summed E-state index contributed by atoms with van der Waals surface area (Å²) in [6.07, 6.45) is 0. The lowest BCUT2D eigenvalue weighted by atomic mass is 9.95. The Morgan fingerprint density at radius 1 is 1.09 bits per heavy atom. The average Bonchev–Trinajstić information content (AvgIpc) is 3.44. The molecule has 34 heavy (non-hydrogen) atoms. The van der Waals surface area contributed by atoms with Crippen LogP contribution in [0.3, 0.4) is 0 Å². The van der Waals surface area contributed by atoms with E-state index >= 15 is 0 Å². The van der Waals surface area contributed by atoms with E-state index in [4.69, 9.17) is 0 Å². The number of nitrogens with zero attached hydrogens (tertiary/aromatic N) is 3. The lowest BCUT2D eigenvalue weighted by Crippen LogP contribution is -2.33. The molecule has 0 saturated heterocycles. The summed E-state index contributed by atoms with van der Waals surface area (Å²) in [5.41, 5.74) is 2.91. The van der Waals surface area contributed by atoms with Gasteiger partial charge < -0.3 is 20.6 Å². The van der Waals surface area contributed by atoms with Crippen LogP contribution in [-0.2, 0) is 17.7 Å². The first-order valence-electron chi connectivity index (χ1n) is 10.6. The first kappa shape index (κ1) is 23.7. The Hall–Kier alpha value is -3.50. The van der Waals surface area contributed by atoms with Crippen LogP contribution >= 0.6 is 11.3 Å². The molecule has 176 valence electrons. The number of anilines is 1. The van der Waals surface area contributed by atoms with Crippen LogP contribution in [0.5, 0.6) is 5.75 Å². The molecule has 10 heteroatoms. The third-order valence-corrected chi connectivity index (χ3v) is 7.02. The first-order valence-corrected chi connectivity index (χ1v) is 12.5. The number of nitrogens with one attached hydrogen (secondary N) is 2. The topological polar surface area (TPSA) is 106 Å². The predicted molar refractivity (Wildman–Crippen MR) is 138 cm³/mol. The van der Waals surface area contributed by atoms with E-state index < -0.39 is 11.2 Å². The predicted octanol–water partition coefficient (Wildman–Crippen LogP) is 3.90. The molecular weight excluding hydrogens is 470 g/mol. The molecule has 2 aromatic carbocycles. The van der Waals surface area contributed by atoms with Crippen molar-refractivity contribution in [2.45, 2.75) is 19.4 Å². The summed E-state index contributed by atoms with van der Waals surface area (Å²) in [6, 6.07) is 17.3. The number of para-hydroxylation sites is 1. The molecule has 2 heterocycles. The van der Waals surface area contributed by atoms with Gasteiger partial charge in [-0.05, 0) is 34.7 Å². The molecule has 0 bridgehead atoms. The quantitative estimate of drug-likeness (QED) is 0.450. The zero-order valence-corrected chi connectivity index (χ0v) is 20.6. The number of carbonyl (C=O) groups excluding carboxylic acids is 1. The molecule has 3 N–H and O–H groups in total. The lowest BCUT2D eigenvalue weighted by molar-refractivity contribution is 0.0824. The molecule has 0 fully saturated rings. The maximum atomic E-state index is 12.3. The molecule has 3 aromatic rings. The minimum absolute atomic E-state index is 0.153. The second-order valence-corrected chi connectivity index (χ2v) is 9.79. The van der Waals surface area contributed by atoms with Gasteiger partial charge in [0.2, 0.25) is 0 Å². The van der Waals surface area contributed by atoms with Crippen molar-refractivity contribution in [1.29, 1.82) is 0 Å². The second kappa shape index (κ2) is 10.2. The number of hydrogen-bond donors (Lipinski definition) is 3. The first-order chi connectivity index (χ1) is 16.3. The van der Waals surface area contributed by atoms with E-state index in [1.54, 1.807) is 37.6 Å². The van der Waals surface area contributed by atoms with Crippen LogP contribution in [0, 0.1) is 0 Å². The highest BCUT2D eigenvalue weighted by atomic mass is 32.2. The van der Waals surface area contributed by atoms with Gasteiger partial charge >= 0.3 is 0 Å². The molecule has 4 rings (SSSR count). The smallest absolute Gasteiger partial charge is 0.269 e. The van der Waals surface area contributed by atoms with Gasteiger partial charge in [0.05, 0.1) is 17.8 Å². The monoisotopic (exact) mass is 495 g/mol. The van der Waals surface area contributed by atoms with E-state index in [-0.39, 0.29) is 34.7 Å². The second-order valence-electron chi connectivity index (χ2n) is 7.97. The Labute approximate surface area is 204 Å². The van der Waals surface area contributed by atoms with E-state index in [1.165, 1.54) is 22.1 Å². The van der Waals surface area contributed by atoms with Crippen molar-refractivity contribution in [2.24, 2.45) is 8.80 Å². The van der Waals surface area contributed by atoms with Gasteiger partial charge in [-0.1, -0.05) is 43.3 Å². The third kappa shape index (κ3) is 5.18. The van der Waals surface area contributed by atoms with Gasteiger partial charge in [0.15, 0.2) is 17.4 Å². The van der Waals surface area contributed by atoms with Crippen molar-refractivity contribution in [3.05, 3.63) is 81.5 Å². The van der Waals surface area contributed by atoms with E-state index in [2.05, 4.69) is 49.9 Å². The number of aromatic hydroxyl groups is 1. The average molecular weight is 496 g/mol. The fourth-order valence-electron chi connectivity index (χ4n) is 3.47. The summed E-state index contributed by atoms with van der Waals surface area (Å²) < 4.78 is 20.1. The van der Waals surface area contributed by atoms with Crippen LogP contribution in [0.4, 0.5) is 5.69 Å². The van der Waals surface area contributed by atoms with Gasteiger partial charge in [-0.15, -0.1) is 20.1 Å². The summed E-state index contributed by atoms with van der Waals surface area (Å²) >= 11 is -0.136. The number of hydrogen-bond acceptors (Lipinski definition) is 6. The van der Waals surface area contributed by atoms with Gasteiger partial charge in [-0.2, -0.15) is 0 Å². The highest BCUT2D eigenvalue weighted by Gasteiger charge is 2.22. The fourth-order valence-corrected chi connectivity index (χ4v) is 5.02. The van der Waals surface area contributed by atoms with E-state index in [9.17, 15) is 14.1 Å². The Bertz CT molecular complexity index is 1280. The van der Waals surface area contributed by atoms with Crippen LogP contribution in [0.2, 0.25) is 0 Å². The molecule has 0 spiro atoms. The van der Waals surface area contributed by atoms with Gasteiger partial charge in [-0.25, -0.2) is 4.21 Å². The molecule has 2 atom stereocenters. The Kier molecular flexibility index (Phi) is 7.09. The number of thiophene rings is 1. The van der Waals surface area contributed by atoms with Crippen LogP contribution in [0.1, 0.15) is 39.2 Å². The summed E-state index contributed by atoms with van der Waals surface area (Å²) in [5, 5.41) is 18.9. The molecule has 1 aromatic heterocycles. The normalized spacial score (nSPS) is 15.9. The van der Waals surface area contributed by atoms with Crippen molar-refractivity contribution < 1.29 is 14.1 Å². The molecule has 0 aliphatic carbocycles. The number of benzene rings is 2. The van der Waals surface area contributed by atoms with Crippen molar-refractivity contribution >= 4 is 45.8 Å². The molecule has 1 aliphatic rings. The Morgan fingerprint density at radius 2 is 1.82 bits per heavy atom. The highest BCUT2D eigenvalue weighted by molar-refractivity contribution is 7.83. The summed E-state index contributed by atoms with van der Waals surface area (Å²) in [7, 11) is 3.22. The Morgan fingerprint density at radius 3 is 2.56 bits per heavy atom. The molecule has 1 amide bonds. The number of carbonyl (C=O) groups is 1. The molecule has 1 aliphatic heterocycles. The van der Waals surface area contributed by atoms with Crippen molar-refractivity contribution in [2.75, 3.05) is 19.4 Å². The molecule has 0 saturated carbocycles. The largest absolute Gasteiger partial charge is 0.505 e. The van der Waals surface area contributed by atoms with E-state index in [0.717, 1.165) is 4.88 Å². The van der Waals surface area contributed by atoms with Crippen LogP contribution in [-0.4, -0.2) is 45.9 Å². The maximum absolute atomic E-state index is 12.3. The summed E-state index contributed by atoms with van der Waals surface area (Å²) in [4.78, 5) is 14.8. The Balaban J connectivity index is 1.44. The SMILES string of the molecule is CC(c1ccccc1)c1csc(CNC2=NS(=O)N=C2Nc2cccc(C(=O)N(C)C)c2O)c1. The minimum atomic E-state index is -1.77. The van der Waals surface area contributed by atoms with Gasteiger partial charge in [0, 0.05) is 24.9 Å². The molecular formula is C24H25N5O3S2. The van der Waals surface area contributed by atoms with Crippen LogP contribution in [0.25, 0.3) is 0 Å². The standard InChI is InChI=1S/C24H25N5O3S2/c1-15(16-8-5-4-6-9-16)17-12-18(33-14-17)13-25-22-23(28-34(32)27-22)26-20-11-7-10-19(21(20)30)24(31)29(2)3/h4-12,14-15,30H,13H2,1-3H3,(H,25,27)(H,26,28). The maximum Gasteiger partial charge on any atom is 0.269 e. The zero-order chi connectivity index (χ0) is 24.2. The zero-order valence-electron chi connectivity index (χ0n) is 19.0. The fraction of sp³-hybridized carbons (Fsp3) is 0.208. The summed E-state index contributed by atoms with van der Waals surface area (Å²) in [5.74, 6) is 0.300. The van der Waals surface area contributed by atoms with Crippen LogP contribution < -0.4 is 10.6 Å². The van der Waals surface area contributed by atoms with Crippen molar-refractivity contribution in [3.63, 3.8) is 0 Å². The van der Waals surface area contributed by atoms with Gasteiger partial charge in [0.1, 0.15) is 0 Å². The number of rotatable bonds is 6. The van der Waals surface area contributed by atoms with E-state index in [1.807, 2.05) is 18.2 Å². The summed E-state index contributed by atoms with van der Waals surface area (Å²) in [6.45, 7) is 2.66. The van der Waals surface area contributed by atoms with Gasteiger partial charge in [0.25, 0.3) is 17.1 Å². The van der Waals surface area contributed by atoms with E-state index in [0.29, 0.717) is 12.4 Å².